The van der Waals surface area contributed by atoms with E-state index in [9.17, 15) is 13.2 Å². The number of halogens is 1. The molecule has 2 aromatic carbocycles. The molecule has 0 aliphatic carbocycles. The number of ether oxygens (including phenoxy) is 2. The highest BCUT2D eigenvalue weighted by Gasteiger charge is 2.28. The number of benzene rings is 2. The van der Waals surface area contributed by atoms with Crippen LogP contribution in [0.25, 0.3) is 0 Å². The zero-order chi connectivity index (χ0) is 21.4. The molecular formula is C20H25ClN2O5S. The molecule has 0 saturated carbocycles. The molecule has 29 heavy (non-hydrogen) atoms. The van der Waals surface area contributed by atoms with Gasteiger partial charge in [-0.2, -0.15) is 4.72 Å². The first-order valence-corrected chi connectivity index (χ1v) is 10.9. The summed E-state index contributed by atoms with van der Waals surface area (Å²) in [5.41, 5.74) is 0. The highest BCUT2D eigenvalue weighted by Crippen LogP contribution is 2.18. The van der Waals surface area contributed by atoms with Crippen LogP contribution < -0.4 is 19.5 Å². The van der Waals surface area contributed by atoms with Crippen molar-refractivity contribution in [2.75, 3.05) is 20.3 Å². The summed E-state index contributed by atoms with van der Waals surface area (Å²) in [6, 6.07) is 12.0. The average Bonchev–Trinajstić information content (AvgIpc) is 2.69. The molecule has 0 saturated heterocycles. The van der Waals surface area contributed by atoms with E-state index in [1.165, 1.54) is 18.2 Å². The van der Waals surface area contributed by atoms with Crippen molar-refractivity contribution >= 4 is 27.5 Å². The van der Waals surface area contributed by atoms with Crippen molar-refractivity contribution in [3.63, 3.8) is 0 Å². The Hall–Kier alpha value is -2.29. The van der Waals surface area contributed by atoms with Crippen molar-refractivity contribution in [1.29, 1.82) is 0 Å². The molecule has 0 spiro atoms. The molecule has 0 aliphatic rings. The number of hydrogen-bond acceptors (Lipinski definition) is 5. The summed E-state index contributed by atoms with van der Waals surface area (Å²) in [5.74, 6) is 0.676. The van der Waals surface area contributed by atoms with Crippen LogP contribution in [0.3, 0.4) is 0 Å². The lowest BCUT2D eigenvalue weighted by Gasteiger charge is -2.21. The van der Waals surface area contributed by atoms with Gasteiger partial charge >= 0.3 is 0 Å². The van der Waals surface area contributed by atoms with Crippen molar-refractivity contribution < 1.29 is 22.7 Å². The predicted octanol–water partition coefficient (Wildman–Crippen LogP) is 2.85. The minimum absolute atomic E-state index is 0.00582. The molecule has 1 amide bonds. The molecule has 0 fully saturated rings. The van der Waals surface area contributed by atoms with Crippen LogP contribution in [0.15, 0.2) is 53.4 Å². The molecule has 0 heterocycles. The van der Waals surface area contributed by atoms with E-state index < -0.39 is 22.0 Å². The summed E-state index contributed by atoms with van der Waals surface area (Å²) in [4.78, 5) is 12.5. The van der Waals surface area contributed by atoms with E-state index in [0.717, 1.165) is 5.75 Å². The Labute approximate surface area is 176 Å². The number of hydrogen-bond donors (Lipinski definition) is 2. The van der Waals surface area contributed by atoms with Gasteiger partial charge in [-0.25, -0.2) is 8.42 Å². The fourth-order valence-corrected chi connectivity index (χ4v) is 4.13. The van der Waals surface area contributed by atoms with Crippen LogP contribution in [-0.4, -0.2) is 40.6 Å². The molecule has 2 N–H and O–H groups in total. The average molecular weight is 441 g/mol. The summed E-state index contributed by atoms with van der Waals surface area (Å²) >= 11 is 5.87. The molecule has 2 aromatic rings. The molecule has 0 aromatic heterocycles. The standard InChI is InChI=1S/C20H25ClN2O5S/c1-14(2)19(23-29(25,26)18-6-4-5-15(21)13-18)20(24)22-11-12-28-17-9-7-16(27-3)8-10-17/h4-10,13-14,19,23H,11-12H2,1-3H3,(H,22,24)/t19-/m0/s1. The number of carbonyl (C=O) groups is 1. The summed E-state index contributed by atoms with van der Waals surface area (Å²) in [6.07, 6.45) is 0. The minimum Gasteiger partial charge on any atom is -0.497 e. The van der Waals surface area contributed by atoms with Crippen LogP contribution in [0.2, 0.25) is 5.02 Å². The normalized spacial score (nSPS) is 12.4. The molecule has 1 atom stereocenters. The SMILES string of the molecule is COc1ccc(OCCNC(=O)[C@@H](NS(=O)(=O)c2cccc(Cl)c2)C(C)C)cc1. The first-order valence-electron chi connectivity index (χ1n) is 9.05. The van der Waals surface area contributed by atoms with Gasteiger partial charge in [-0.05, 0) is 48.4 Å². The van der Waals surface area contributed by atoms with Crippen molar-refractivity contribution in [1.82, 2.24) is 10.0 Å². The Morgan fingerprint density at radius 2 is 1.76 bits per heavy atom. The molecule has 0 unspecified atom stereocenters. The monoisotopic (exact) mass is 440 g/mol. The van der Waals surface area contributed by atoms with E-state index in [0.29, 0.717) is 10.8 Å². The van der Waals surface area contributed by atoms with Gasteiger partial charge in [-0.15, -0.1) is 0 Å². The maximum absolute atomic E-state index is 12.6. The van der Waals surface area contributed by atoms with E-state index in [2.05, 4.69) is 10.0 Å². The van der Waals surface area contributed by atoms with Crippen LogP contribution in [0, 0.1) is 5.92 Å². The Balaban J connectivity index is 1.91. The second-order valence-electron chi connectivity index (χ2n) is 6.62. The molecule has 0 aliphatic heterocycles. The maximum Gasteiger partial charge on any atom is 0.241 e. The first-order chi connectivity index (χ1) is 13.7. The minimum atomic E-state index is -3.89. The third kappa shape index (κ3) is 6.92. The van der Waals surface area contributed by atoms with Gasteiger partial charge in [-0.1, -0.05) is 31.5 Å². The van der Waals surface area contributed by atoms with Gasteiger partial charge in [0.15, 0.2) is 0 Å². The number of rotatable bonds is 10. The van der Waals surface area contributed by atoms with Gasteiger partial charge in [0, 0.05) is 5.02 Å². The summed E-state index contributed by atoms with van der Waals surface area (Å²) in [5, 5.41) is 3.00. The maximum atomic E-state index is 12.6. The molecule has 7 nitrogen and oxygen atoms in total. The van der Waals surface area contributed by atoms with Gasteiger partial charge in [0.1, 0.15) is 24.1 Å². The lowest BCUT2D eigenvalue weighted by atomic mass is 10.1. The third-order valence-corrected chi connectivity index (χ3v) is 5.74. The second kappa shape index (κ2) is 10.5. The number of nitrogens with one attached hydrogen (secondary N) is 2. The third-order valence-electron chi connectivity index (χ3n) is 4.07. The first kappa shape index (κ1) is 23.0. The van der Waals surface area contributed by atoms with E-state index in [-0.39, 0.29) is 24.0 Å². The number of methoxy groups -OCH3 is 1. The molecule has 0 radical (unpaired) electrons. The van der Waals surface area contributed by atoms with Crippen LogP contribution in [0.1, 0.15) is 13.8 Å². The number of sulfonamides is 1. The smallest absolute Gasteiger partial charge is 0.241 e. The quantitative estimate of drug-likeness (QED) is 0.554. The zero-order valence-electron chi connectivity index (χ0n) is 16.5. The lowest BCUT2D eigenvalue weighted by Crippen LogP contribution is -2.50. The Bertz CT molecular complexity index is 917. The van der Waals surface area contributed by atoms with Crippen molar-refractivity contribution in [3.05, 3.63) is 53.6 Å². The Kier molecular flexibility index (Phi) is 8.31. The predicted molar refractivity (Wildman–Crippen MR) is 112 cm³/mol. The van der Waals surface area contributed by atoms with Gasteiger partial charge in [0.2, 0.25) is 15.9 Å². The lowest BCUT2D eigenvalue weighted by molar-refractivity contribution is -0.123. The number of amides is 1. The van der Waals surface area contributed by atoms with Gasteiger partial charge in [0.25, 0.3) is 0 Å². The van der Waals surface area contributed by atoms with Crippen molar-refractivity contribution in [2.45, 2.75) is 24.8 Å². The summed E-state index contributed by atoms with van der Waals surface area (Å²) in [6.45, 7) is 3.99. The van der Waals surface area contributed by atoms with Crippen molar-refractivity contribution in [2.24, 2.45) is 5.92 Å². The molecule has 9 heteroatoms. The second-order valence-corrected chi connectivity index (χ2v) is 8.77. The van der Waals surface area contributed by atoms with E-state index >= 15 is 0 Å². The van der Waals surface area contributed by atoms with E-state index in [1.54, 1.807) is 51.3 Å². The van der Waals surface area contributed by atoms with Crippen LogP contribution in [-0.2, 0) is 14.8 Å². The topological polar surface area (TPSA) is 93.7 Å². The van der Waals surface area contributed by atoms with Gasteiger partial charge in [0.05, 0.1) is 18.6 Å². The Morgan fingerprint density at radius 1 is 1.10 bits per heavy atom. The highest BCUT2D eigenvalue weighted by atomic mass is 35.5. The molecule has 2 rings (SSSR count). The molecule has 158 valence electrons. The highest BCUT2D eigenvalue weighted by molar-refractivity contribution is 7.89. The largest absolute Gasteiger partial charge is 0.497 e. The van der Waals surface area contributed by atoms with Crippen LogP contribution in [0.4, 0.5) is 0 Å². The van der Waals surface area contributed by atoms with Crippen LogP contribution >= 0.6 is 11.6 Å². The van der Waals surface area contributed by atoms with E-state index in [4.69, 9.17) is 21.1 Å². The number of carbonyl (C=O) groups excluding carboxylic acids is 1. The van der Waals surface area contributed by atoms with Crippen molar-refractivity contribution in [3.8, 4) is 11.5 Å². The zero-order valence-corrected chi connectivity index (χ0v) is 18.1. The summed E-state index contributed by atoms with van der Waals surface area (Å²) in [7, 11) is -2.31. The fraction of sp³-hybridized carbons (Fsp3) is 0.350. The van der Waals surface area contributed by atoms with Crippen LogP contribution in [0.5, 0.6) is 11.5 Å². The molecular weight excluding hydrogens is 416 g/mol. The molecule has 0 bridgehead atoms. The van der Waals surface area contributed by atoms with Gasteiger partial charge < -0.3 is 14.8 Å². The summed E-state index contributed by atoms with van der Waals surface area (Å²) < 4.78 is 38.3. The Morgan fingerprint density at radius 3 is 2.34 bits per heavy atom. The van der Waals surface area contributed by atoms with E-state index in [1.807, 2.05) is 0 Å². The van der Waals surface area contributed by atoms with Gasteiger partial charge in [-0.3, -0.25) is 4.79 Å². The fourth-order valence-electron chi connectivity index (χ4n) is 2.49.